The molecule has 2 aromatic rings. The van der Waals surface area contributed by atoms with Gasteiger partial charge < -0.3 is 10.2 Å². The second-order valence-electron chi connectivity index (χ2n) is 7.01. The van der Waals surface area contributed by atoms with E-state index >= 15 is 0 Å². The number of carbonyl (C=O) groups excluding carboxylic acids is 1. The Balaban J connectivity index is 1.62. The van der Waals surface area contributed by atoms with Gasteiger partial charge in [0.05, 0.1) is 0 Å². The van der Waals surface area contributed by atoms with Gasteiger partial charge in [-0.3, -0.25) is 9.69 Å². The van der Waals surface area contributed by atoms with E-state index in [1.807, 2.05) is 6.07 Å². The van der Waals surface area contributed by atoms with Crippen LogP contribution in [0.2, 0.25) is 0 Å². The van der Waals surface area contributed by atoms with Crippen molar-refractivity contribution in [3.63, 3.8) is 0 Å². The highest BCUT2D eigenvalue weighted by atomic mass is 16.4. The molecule has 0 atom stereocenters. The van der Waals surface area contributed by atoms with Crippen LogP contribution in [0, 0.1) is 5.92 Å². The number of primary amides is 1. The van der Waals surface area contributed by atoms with Crippen molar-refractivity contribution in [1.82, 2.24) is 4.90 Å². The quantitative estimate of drug-likeness (QED) is 0.875. The fraction of sp³-hybridized carbons (Fsp3) is 0.474. The van der Waals surface area contributed by atoms with E-state index in [0.717, 1.165) is 49.7 Å². The van der Waals surface area contributed by atoms with Crippen LogP contribution in [0.15, 0.2) is 27.4 Å². The highest BCUT2D eigenvalue weighted by Crippen LogP contribution is 2.29. The van der Waals surface area contributed by atoms with Crippen LogP contribution in [0.5, 0.6) is 0 Å². The number of piperidine rings is 1. The predicted molar refractivity (Wildman–Crippen MR) is 91.7 cm³/mol. The molecule has 24 heavy (non-hydrogen) atoms. The average Bonchev–Trinajstić information content (AvgIpc) is 3.00. The Hall–Kier alpha value is -2.14. The molecule has 1 saturated heterocycles. The van der Waals surface area contributed by atoms with Gasteiger partial charge in [-0.15, -0.1) is 0 Å². The number of nitrogens with zero attached hydrogens (tertiary/aromatic N) is 1. The van der Waals surface area contributed by atoms with Crippen LogP contribution >= 0.6 is 0 Å². The second kappa shape index (κ2) is 6.06. The number of benzene rings is 1. The first-order chi connectivity index (χ1) is 11.6. The van der Waals surface area contributed by atoms with Crippen molar-refractivity contribution < 1.29 is 9.21 Å². The van der Waals surface area contributed by atoms with Gasteiger partial charge in [-0.05, 0) is 74.0 Å². The summed E-state index contributed by atoms with van der Waals surface area (Å²) in [5.41, 5.74) is 9.52. The van der Waals surface area contributed by atoms with Crippen LogP contribution < -0.4 is 11.4 Å². The lowest BCUT2D eigenvalue weighted by Crippen LogP contribution is -2.38. The Bertz CT molecular complexity index is 848. The maximum atomic E-state index is 11.9. The van der Waals surface area contributed by atoms with Crippen LogP contribution in [-0.2, 0) is 24.2 Å². The molecule has 1 aliphatic carbocycles. The first-order valence-corrected chi connectivity index (χ1v) is 8.70. The van der Waals surface area contributed by atoms with Gasteiger partial charge in [-0.1, -0.05) is 0 Å². The van der Waals surface area contributed by atoms with Gasteiger partial charge in [0, 0.05) is 23.9 Å². The number of nitrogens with two attached hydrogens (primary N) is 1. The highest BCUT2D eigenvalue weighted by molar-refractivity contribution is 5.82. The minimum atomic E-state index is -0.289. The maximum Gasteiger partial charge on any atom is 0.336 e. The molecule has 126 valence electrons. The molecule has 0 spiro atoms. The van der Waals surface area contributed by atoms with Gasteiger partial charge in [-0.2, -0.15) is 0 Å². The number of carbonyl (C=O) groups is 1. The normalized spacial score (nSPS) is 18.8. The lowest BCUT2D eigenvalue weighted by molar-refractivity contribution is -0.123. The molecule has 1 aromatic carbocycles. The number of hydrogen-bond acceptors (Lipinski definition) is 4. The molecule has 0 bridgehead atoms. The monoisotopic (exact) mass is 326 g/mol. The molecule has 1 fully saturated rings. The summed E-state index contributed by atoms with van der Waals surface area (Å²) in [6, 6.07) is 5.86. The van der Waals surface area contributed by atoms with Gasteiger partial charge in [0.2, 0.25) is 5.91 Å². The van der Waals surface area contributed by atoms with E-state index in [4.69, 9.17) is 10.2 Å². The van der Waals surface area contributed by atoms with Crippen molar-refractivity contribution in [1.29, 1.82) is 0 Å². The largest absolute Gasteiger partial charge is 0.423 e. The smallest absolute Gasteiger partial charge is 0.336 e. The minimum Gasteiger partial charge on any atom is -0.423 e. The van der Waals surface area contributed by atoms with E-state index in [0.29, 0.717) is 12.1 Å². The molecule has 1 amide bonds. The van der Waals surface area contributed by atoms with Crippen molar-refractivity contribution in [2.75, 3.05) is 13.1 Å². The summed E-state index contributed by atoms with van der Waals surface area (Å²) >= 11 is 0. The zero-order chi connectivity index (χ0) is 16.7. The molecule has 1 aliphatic heterocycles. The molecule has 5 heteroatoms. The molecule has 0 radical (unpaired) electrons. The standard InChI is InChI=1S/C19H22N2O3/c20-19(23)12-4-6-21(7-5-12)11-15-10-18(22)24-17-9-14-3-1-2-13(14)8-16(15)17/h8-10,12H,1-7,11H2,(H2,20,23). The molecule has 2 N–H and O–H groups in total. The number of likely N-dealkylation sites (tertiary alicyclic amines) is 1. The van der Waals surface area contributed by atoms with Gasteiger partial charge in [0.25, 0.3) is 0 Å². The molecule has 0 unspecified atom stereocenters. The first kappa shape index (κ1) is 15.4. The van der Waals surface area contributed by atoms with Crippen molar-refractivity contribution >= 4 is 16.9 Å². The number of amides is 1. The molecule has 1 aromatic heterocycles. The zero-order valence-corrected chi connectivity index (χ0v) is 13.7. The van der Waals surface area contributed by atoms with E-state index in [-0.39, 0.29) is 17.5 Å². The van der Waals surface area contributed by atoms with Crippen LogP contribution in [0.4, 0.5) is 0 Å². The van der Waals surface area contributed by atoms with Gasteiger partial charge in [0.1, 0.15) is 5.58 Å². The van der Waals surface area contributed by atoms with Crippen LogP contribution in [0.25, 0.3) is 11.0 Å². The Morgan fingerprint density at radius 3 is 2.58 bits per heavy atom. The Morgan fingerprint density at radius 1 is 1.17 bits per heavy atom. The Labute approximate surface area is 140 Å². The molecule has 2 heterocycles. The van der Waals surface area contributed by atoms with Gasteiger partial charge in [-0.25, -0.2) is 4.79 Å². The van der Waals surface area contributed by atoms with Crippen LogP contribution in [0.1, 0.15) is 36.0 Å². The van der Waals surface area contributed by atoms with E-state index in [9.17, 15) is 9.59 Å². The topological polar surface area (TPSA) is 76.5 Å². The highest BCUT2D eigenvalue weighted by Gasteiger charge is 2.24. The maximum absolute atomic E-state index is 11.9. The summed E-state index contributed by atoms with van der Waals surface area (Å²) in [5, 5.41) is 1.05. The van der Waals surface area contributed by atoms with Crippen LogP contribution in [0.3, 0.4) is 0 Å². The lowest BCUT2D eigenvalue weighted by atomic mass is 9.95. The Morgan fingerprint density at radius 2 is 1.88 bits per heavy atom. The summed E-state index contributed by atoms with van der Waals surface area (Å²) in [6.45, 7) is 2.38. The Kier molecular flexibility index (Phi) is 3.88. The van der Waals surface area contributed by atoms with E-state index in [1.165, 1.54) is 17.5 Å². The summed E-state index contributed by atoms with van der Waals surface area (Å²) in [7, 11) is 0. The molecule has 5 nitrogen and oxygen atoms in total. The summed E-state index contributed by atoms with van der Waals surface area (Å²) in [5.74, 6) is -0.210. The number of fused-ring (bicyclic) bond motifs is 2. The number of hydrogen-bond donors (Lipinski definition) is 1. The predicted octanol–water partition coefficient (Wildman–Crippen LogP) is 1.98. The van der Waals surface area contributed by atoms with Crippen LogP contribution in [-0.4, -0.2) is 23.9 Å². The third-order valence-corrected chi connectivity index (χ3v) is 5.43. The van der Waals surface area contributed by atoms with Crippen molar-refractivity contribution in [2.45, 2.75) is 38.6 Å². The molecule has 2 aliphatic rings. The average molecular weight is 326 g/mol. The summed E-state index contributed by atoms with van der Waals surface area (Å²) in [4.78, 5) is 25.5. The summed E-state index contributed by atoms with van der Waals surface area (Å²) < 4.78 is 5.43. The lowest BCUT2D eigenvalue weighted by Gasteiger charge is -2.30. The van der Waals surface area contributed by atoms with Gasteiger partial charge >= 0.3 is 5.63 Å². The fourth-order valence-corrected chi connectivity index (χ4v) is 4.04. The first-order valence-electron chi connectivity index (χ1n) is 8.70. The number of aryl methyl sites for hydroxylation is 2. The molecular weight excluding hydrogens is 304 g/mol. The molecule has 4 rings (SSSR count). The van der Waals surface area contributed by atoms with Crippen molar-refractivity contribution in [2.24, 2.45) is 11.7 Å². The van der Waals surface area contributed by atoms with E-state index in [1.54, 1.807) is 6.07 Å². The zero-order valence-electron chi connectivity index (χ0n) is 13.7. The number of rotatable bonds is 3. The van der Waals surface area contributed by atoms with E-state index < -0.39 is 0 Å². The minimum absolute atomic E-state index is 0.0119. The SMILES string of the molecule is NC(=O)C1CCN(Cc2cc(=O)oc3cc4c(cc23)CCC4)CC1. The van der Waals surface area contributed by atoms with Crippen molar-refractivity contribution in [3.05, 3.63) is 45.3 Å². The summed E-state index contributed by atoms with van der Waals surface area (Å²) in [6.07, 6.45) is 4.94. The third kappa shape index (κ3) is 2.84. The van der Waals surface area contributed by atoms with Gasteiger partial charge in [0.15, 0.2) is 0 Å². The fourth-order valence-electron chi connectivity index (χ4n) is 4.04. The second-order valence-corrected chi connectivity index (χ2v) is 7.01. The van der Waals surface area contributed by atoms with E-state index in [2.05, 4.69) is 11.0 Å². The van der Waals surface area contributed by atoms with Crippen molar-refractivity contribution in [3.8, 4) is 0 Å². The molecular formula is C19H22N2O3. The third-order valence-electron chi connectivity index (χ3n) is 5.43. The molecule has 0 saturated carbocycles.